The Balaban J connectivity index is 1.84. The number of halogens is 1. The van der Waals surface area contributed by atoms with Gasteiger partial charge >= 0.3 is 0 Å². The van der Waals surface area contributed by atoms with Crippen LogP contribution in [-0.2, 0) is 4.79 Å². The minimum absolute atomic E-state index is 0.0568. The van der Waals surface area contributed by atoms with Crippen molar-refractivity contribution in [2.24, 2.45) is 0 Å². The molecule has 0 radical (unpaired) electrons. The van der Waals surface area contributed by atoms with E-state index >= 15 is 0 Å². The Morgan fingerprint density at radius 1 is 1.12 bits per heavy atom. The summed E-state index contributed by atoms with van der Waals surface area (Å²) < 4.78 is 7.24. The summed E-state index contributed by atoms with van der Waals surface area (Å²) in [5.41, 5.74) is 1.85. The molecule has 0 unspecified atom stereocenters. The molecule has 1 amide bonds. The van der Waals surface area contributed by atoms with Crippen molar-refractivity contribution in [3.8, 4) is 17.7 Å². The van der Waals surface area contributed by atoms with Gasteiger partial charge in [0.2, 0.25) is 5.88 Å². The molecule has 0 aliphatic carbocycles. The third-order valence-corrected chi connectivity index (χ3v) is 5.37. The Bertz CT molecular complexity index is 1530. The number of aryl methyl sites for hydroxylation is 2. The molecule has 2 aromatic heterocycles. The van der Waals surface area contributed by atoms with Crippen molar-refractivity contribution < 1.29 is 9.53 Å². The fourth-order valence-corrected chi connectivity index (χ4v) is 3.43. The fraction of sp³-hybridized carbons (Fsp3) is 0.0769. The van der Waals surface area contributed by atoms with E-state index in [2.05, 4.69) is 10.3 Å². The Hall–Kier alpha value is -4.41. The predicted molar refractivity (Wildman–Crippen MR) is 131 cm³/mol. The Morgan fingerprint density at radius 2 is 1.85 bits per heavy atom. The summed E-state index contributed by atoms with van der Waals surface area (Å²) in [4.78, 5) is 30.7. The number of amides is 1. The standard InChI is InChI=1S/C26H19ClN4O3/c1-16-9-11-19(12-10-16)29-24(32)18(15-28)14-20-25(34-22-8-4-3-7-21(22)27)30-23-17(2)6-5-13-31(23)26(20)33/h3-14H,1-2H3,(H,29,32)/b18-14+. The monoisotopic (exact) mass is 470 g/mol. The summed E-state index contributed by atoms with van der Waals surface area (Å²) in [5, 5.41) is 12.7. The molecule has 4 aromatic rings. The van der Waals surface area contributed by atoms with Crippen molar-refractivity contribution in [3.63, 3.8) is 0 Å². The number of ether oxygens (including phenoxy) is 1. The molecular formula is C26H19ClN4O3. The topological polar surface area (TPSA) is 96.5 Å². The lowest BCUT2D eigenvalue weighted by Gasteiger charge is -2.12. The number of pyridine rings is 1. The first-order valence-corrected chi connectivity index (χ1v) is 10.7. The van der Waals surface area contributed by atoms with E-state index in [0.29, 0.717) is 16.4 Å². The van der Waals surface area contributed by atoms with E-state index in [-0.39, 0.29) is 22.8 Å². The number of hydrogen-bond acceptors (Lipinski definition) is 5. The van der Waals surface area contributed by atoms with E-state index in [9.17, 15) is 14.9 Å². The number of benzene rings is 2. The summed E-state index contributed by atoms with van der Waals surface area (Å²) in [7, 11) is 0. The molecule has 0 bridgehead atoms. The molecule has 8 heteroatoms. The highest BCUT2D eigenvalue weighted by Crippen LogP contribution is 2.30. The van der Waals surface area contributed by atoms with Crippen molar-refractivity contribution in [2.75, 3.05) is 5.32 Å². The van der Waals surface area contributed by atoms with Crippen LogP contribution in [0.5, 0.6) is 11.6 Å². The van der Waals surface area contributed by atoms with Crippen LogP contribution in [-0.4, -0.2) is 15.3 Å². The van der Waals surface area contributed by atoms with E-state index in [4.69, 9.17) is 16.3 Å². The fourth-order valence-electron chi connectivity index (χ4n) is 3.25. The smallest absolute Gasteiger partial charge is 0.269 e. The molecule has 0 spiro atoms. The van der Waals surface area contributed by atoms with Gasteiger partial charge < -0.3 is 10.1 Å². The third kappa shape index (κ3) is 4.68. The van der Waals surface area contributed by atoms with Crippen LogP contribution in [0.2, 0.25) is 5.02 Å². The zero-order valence-electron chi connectivity index (χ0n) is 18.4. The van der Waals surface area contributed by atoms with E-state index in [0.717, 1.165) is 11.1 Å². The number of rotatable bonds is 5. The molecule has 34 heavy (non-hydrogen) atoms. The van der Waals surface area contributed by atoms with Gasteiger partial charge in [-0.25, -0.2) is 0 Å². The van der Waals surface area contributed by atoms with Crippen LogP contribution < -0.4 is 15.6 Å². The molecular weight excluding hydrogens is 452 g/mol. The van der Waals surface area contributed by atoms with Crippen LogP contribution in [0, 0.1) is 25.2 Å². The lowest BCUT2D eigenvalue weighted by molar-refractivity contribution is -0.112. The first-order chi connectivity index (χ1) is 16.4. The number of nitrogens with one attached hydrogen (secondary N) is 1. The van der Waals surface area contributed by atoms with Crippen molar-refractivity contribution in [2.45, 2.75) is 13.8 Å². The maximum atomic E-state index is 13.4. The highest BCUT2D eigenvalue weighted by atomic mass is 35.5. The highest BCUT2D eigenvalue weighted by molar-refractivity contribution is 6.32. The Kier molecular flexibility index (Phi) is 6.44. The van der Waals surface area contributed by atoms with Gasteiger partial charge in [0, 0.05) is 11.9 Å². The zero-order valence-corrected chi connectivity index (χ0v) is 19.1. The molecule has 2 aromatic carbocycles. The SMILES string of the molecule is Cc1ccc(NC(=O)/C(C#N)=C/c2c(Oc3ccccc3Cl)nc3c(C)cccn3c2=O)cc1. The van der Waals surface area contributed by atoms with Crippen LogP contribution in [0.1, 0.15) is 16.7 Å². The molecule has 0 aliphatic heterocycles. The number of aromatic nitrogens is 2. The quantitative estimate of drug-likeness (QED) is 0.315. The van der Waals surface area contributed by atoms with Gasteiger partial charge in [-0.2, -0.15) is 10.2 Å². The normalized spacial score (nSPS) is 11.2. The number of nitriles is 1. The lowest BCUT2D eigenvalue weighted by Crippen LogP contribution is -2.20. The van der Waals surface area contributed by atoms with Gasteiger partial charge in [0.25, 0.3) is 11.5 Å². The molecule has 0 aliphatic rings. The van der Waals surface area contributed by atoms with E-state index in [1.807, 2.05) is 38.1 Å². The van der Waals surface area contributed by atoms with Crippen LogP contribution in [0.4, 0.5) is 5.69 Å². The number of carbonyl (C=O) groups excluding carboxylic acids is 1. The summed E-state index contributed by atoms with van der Waals surface area (Å²) in [5.74, 6) is -0.446. The number of hydrogen-bond donors (Lipinski definition) is 1. The number of para-hydroxylation sites is 1. The zero-order chi connectivity index (χ0) is 24.2. The number of carbonyl (C=O) groups is 1. The number of nitrogens with zero attached hydrogens (tertiary/aromatic N) is 3. The van der Waals surface area contributed by atoms with E-state index in [1.165, 1.54) is 10.5 Å². The molecule has 0 fully saturated rings. The largest absolute Gasteiger partial charge is 0.437 e. The summed E-state index contributed by atoms with van der Waals surface area (Å²) in [6.07, 6.45) is 2.74. The number of fused-ring (bicyclic) bond motifs is 1. The van der Waals surface area contributed by atoms with Gasteiger partial charge in [0.15, 0.2) is 0 Å². The second kappa shape index (κ2) is 9.61. The van der Waals surface area contributed by atoms with Crippen molar-refractivity contribution >= 4 is 34.9 Å². The summed E-state index contributed by atoms with van der Waals surface area (Å²) in [6.45, 7) is 3.74. The second-order valence-corrected chi connectivity index (χ2v) is 7.95. The third-order valence-electron chi connectivity index (χ3n) is 5.06. The van der Waals surface area contributed by atoms with Gasteiger partial charge in [-0.3, -0.25) is 14.0 Å². The van der Waals surface area contributed by atoms with Crippen LogP contribution in [0.15, 0.2) is 77.2 Å². The molecule has 4 rings (SSSR count). The molecule has 0 saturated carbocycles. The molecule has 1 N–H and O–H groups in total. The van der Waals surface area contributed by atoms with Gasteiger partial charge in [0.1, 0.15) is 28.6 Å². The van der Waals surface area contributed by atoms with Crippen molar-refractivity contribution in [3.05, 3.63) is 105 Å². The average Bonchev–Trinajstić information content (AvgIpc) is 2.82. The Morgan fingerprint density at radius 3 is 2.56 bits per heavy atom. The van der Waals surface area contributed by atoms with Crippen molar-refractivity contribution in [1.82, 2.24) is 9.38 Å². The summed E-state index contributed by atoms with van der Waals surface area (Å²) >= 11 is 6.23. The molecule has 2 heterocycles. The molecule has 168 valence electrons. The first kappa shape index (κ1) is 22.8. The van der Waals surface area contributed by atoms with Gasteiger partial charge in [-0.1, -0.05) is 47.5 Å². The first-order valence-electron chi connectivity index (χ1n) is 10.3. The number of anilines is 1. The lowest BCUT2D eigenvalue weighted by atomic mass is 10.1. The second-order valence-electron chi connectivity index (χ2n) is 7.54. The molecule has 0 saturated heterocycles. The minimum Gasteiger partial charge on any atom is -0.437 e. The minimum atomic E-state index is -0.663. The van der Waals surface area contributed by atoms with Crippen LogP contribution >= 0.6 is 11.6 Å². The van der Waals surface area contributed by atoms with Crippen LogP contribution in [0.25, 0.3) is 11.7 Å². The van der Waals surface area contributed by atoms with Gasteiger partial charge in [-0.15, -0.1) is 0 Å². The Labute approximate surface area is 200 Å². The predicted octanol–water partition coefficient (Wildman–Crippen LogP) is 5.30. The molecule has 7 nitrogen and oxygen atoms in total. The van der Waals surface area contributed by atoms with Gasteiger partial charge in [0.05, 0.1) is 5.02 Å². The maximum absolute atomic E-state index is 13.4. The van der Waals surface area contributed by atoms with Gasteiger partial charge in [-0.05, 0) is 55.8 Å². The van der Waals surface area contributed by atoms with Crippen LogP contribution in [0.3, 0.4) is 0 Å². The maximum Gasteiger partial charge on any atom is 0.269 e. The highest BCUT2D eigenvalue weighted by Gasteiger charge is 2.19. The van der Waals surface area contributed by atoms with Crippen molar-refractivity contribution in [1.29, 1.82) is 5.26 Å². The average molecular weight is 471 g/mol. The summed E-state index contributed by atoms with van der Waals surface area (Å²) in [6, 6.07) is 19.3. The molecule has 0 atom stereocenters. The van der Waals surface area contributed by atoms with E-state index in [1.54, 1.807) is 48.7 Å². The van der Waals surface area contributed by atoms with E-state index < -0.39 is 11.5 Å².